The van der Waals surface area contributed by atoms with E-state index in [0.717, 1.165) is 5.56 Å². The topological polar surface area (TPSA) is 42.0 Å². The Morgan fingerprint density at radius 1 is 1.44 bits per heavy atom. The summed E-state index contributed by atoms with van der Waals surface area (Å²) in [6.07, 6.45) is -0.328. The monoisotopic (exact) mass is 434 g/mol. The zero-order valence-corrected chi connectivity index (χ0v) is 16.8. The highest BCUT2D eigenvalue weighted by molar-refractivity contribution is 9.10. The van der Waals surface area contributed by atoms with Gasteiger partial charge in [0.25, 0.3) is 0 Å². The fourth-order valence-electron chi connectivity index (χ4n) is 3.05. The molecule has 0 spiro atoms. The van der Waals surface area contributed by atoms with Crippen LogP contribution in [0.25, 0.3) is 0 Å². The number of carbonyl (C=O) groups is 1. The van der Waals surface area contributed by atoms with Crippen molar-refractivity contribution < 1.29 is 18.7 Å². The molecule has 2 aliphatic rings. The second kappa shape index (κ2) is 6.93. The summed E-state index contributed by atoms with van der Waals surface area (Å²) < 4.78 is 25.8. The van der Waals surface area contributed by atoms with Crippen LogP contribution in [-0.4, -0.2) is 53.8 Å². The largest absolute Gasteiger partial charge is 0.488 e. The van der Waals surface area contributed by atoms with E-state index in [-0.39, 0.29) is 22.4 Å². The molecule has 8 heteroatoms. The van der Waals surface area contributed by atoms with Gasteiger partial charge in [-0.05, 0) is 42.8 Å². The molecule has 0 unspecified atom stereocenters. The molecule has 1 saturated heterocycles. The van der Waals surface area contributed by atoms with Crippen LogP contribution in [0.15, 0.2) is 10.5 Å². The third-order valence-corrected chi connectivity index (χ3v) is 5.55. The normalized spacial score (nSPS) is 21.0. The molecule has 1 amide bonds. The van der Waals surface area contributed by atoms with Crippen LogP contribution in [0, 0.1) is 5.82 Å². The number of hydrogen-bond donors (Lipinski definition) is 0. The summed E-state index contributed by atoms with van der Waals surface area (Å²) in [5.41, 5.74) is 0.190. The number of fused-ring (bicyclic) bond motifs is 2. The van der Waals surface area contributed by atoms with Crippen LogP contribution in [0.3, 0.4) is 0 Å². The molecule has 0 aliphatic carbocycles. The number of amides is 1. The van der Waals surface area contributed by atoms with Crippen molar-refractivity contribution in [1.29, 1.82) is 0 Å². The molecule has 0 aromatic heterocycles. The van der Waals surface area contributed by atoms with Gasteiger partial charge in [0, 0.05) is 31.7 Å². The Bertz CT molecular complexity index is 695. The van der Waals surface area contributed by atoms with E-state index < -0.39 is 11.4 Å². The average Bonchev–Trinajstić information content (AvgIpc) is 2.69. The van der Waals surface area contributed by atoms with Gasteiger partial charge in [0.15, 0.2) is 11.6 Å². The Hall–Kier alpha value is -1.05. The van der Waals surface area contributed by atoms with Crippen molar-refractivity contribution in [1.82, 2.24) is 9.80 Å². The second-order valence-corrected chi connectivity index (χ2v) is 8.54. The lowest BCUT2D eigenvalue weighted by molar-refractivity contribution is -0.00164. The van der Waals surface area contributed by atoms with E-state index in [0.29, 0.717) is 37.8 Å². The van der Waals surface area contributed by atoms with Crippen LogP contribution in [0.1, 0.15) is 26.3 Å². The van der Waals surface area contributed by atoms with Crippen molar-refractivity contribution >= 4 is 33.6 Å². The first kappa shape index (κ1) is 18.7. The number of carbonyl (C=O) groups excluding carboxylic acids is 1. The first-order chi connectivity index (χ1) is 11.7. The fourth-order valence-corrected chi connectivity index (χ4v) is 3.56. The summed E-state index contributed by atoms with van der Waals surface area (Å²) in [4.78, 5) is 16.2. The Labute approximate surface area is 160 Å². The van der Waals surface area contributed by atoms with Gasteiger partial charge in [0.1, 0.15) is 12.2 Å². The van der Waals surface area contributed by atoms with Crippen molar-refractivity contribution in [3.8, 4) is 5.75 Å². The molecule has 0 bridgehead atoms. The van der Waals surface area contributed by atoms with E-state index in [1.165, 1.54) is 0 Å². The van der Waals surface area contributed by atoms with Crippen molar-refractivity contribution in [3.63, 3.8) is 0 Å². The lowest BCUT2D eigenvalue weighted by Gasteiger charge is -2.40. The molecule has 1 aromatic rings. The van der Waals surface area contributed by atoms with Crippen LogP contribution >= 0.6 is 27.5 Å². The van der Waals surface area contributed by atoms with Crippen molar-refractivity contribution in [2.75, 3.05) is 26.2 Å². The highest BCUT2D eigenvalue weighted by Crippen LogP contribution is 2.38. The molecule has 138 valence electrons. The lowest BCUT2D eigenvalue weighted by Crippen LogP contribution is -2.56. The van der Waals surface area contributed by atoms with Crippen molar-refractivity contribution in [3.05, 3.63) is 26.9 Å². The van der Waals surface area contributed by atoms with Gasteiger partial charge in [-0.2, -0.15) is 0 Å². The minimum atomic E-state index is -0.531. The second-order valence-electron chi connectivity index (χ2n) is 7.34. The number of nitrogens with zero attached hydrogens (tertiary/aromatic N) is 2. The summed E-state index contributed by atoms with van der Waals surface area (Å²) in [6, 6.07) is 1.71. The summed E-state index contributed by atoms with van der Waals surface area (Å²) >= 11 is 9.22. The van der Waals surface area contributed by atoms with Gasteiger partial charge in [-0.3, -0.25) is 4.90 Å². The zero-order chi connectivity index (χ0) is 18.4. The fraction of sp³-hybridized carbons (Fsp3) is 0.588. The third-order valence-electron chi connectivity index (χ3n) is 4.24. The van der Waals surface area contributed by atoms with Gasteiger partial charge >= 0.3 is 6.09 Å². The molecule has 3 rings (SSSR count). The summed E-state index contributed by atoms with van der Waals surface area (Å²) in [6.45, 7) is 8.09. The SMILES string of the molecule is CC(C)(C)OC(=O)N1CCN2Cc3cc(Cl)c(Br)c(F)c3OC[C@H]2C1. The van der Waals surface area contributed by atoms with Crippen LogP contribution in [0.5, 0.6) is 5.75 Å². The maximum Gasteiger partial charge on any atom is 0.410 e. The Morgan fingerprint density at radius 3 is 2.84 bits per heavy atom. The van der Waals surface area contributed by atoms with E-state index in [9.17, 15) is 9.18 Å². The standard InChI is InChI=1S/C17H21BrClFN2O3/c1-17(2,3)25-16(23)22-5-4-21-7-10-6-12(19)13(18)14(20)15(10)24-9-11(21)8-22/h6,11H,4-5,7-9H2,1-3H3/t11-/m1/s1. The molecule has 2 heterocycles. The Balaban J connectivity index is 1.75. The van der Waals surface area contributed by atoms with Gasteiger partial charge < -0.3 is 14.4 Å². The molecule has 25 heavy (non-hydrogen) atoms. The lowest BCUT2D eigenvalue weighted by atomic mass is 10.1. The van der Waals surface area contributed by atoms with Gasteiger partial charge in [-0.25, -0.2) is 9.18 Å². The first-order valence-electron chi connectivity index (χ1n) is 8.17. The van der Waals surface area contributed by atoms with Crippen molar-refractivity contribution in [2.45, 2.75) is 39.0 Å². The zero-order valence-electron chi connectivity index (χ0n) is 14.4. The van der Waals surface area contributed by atoms with Crippen molar-refractivity contribution in [2.24, 2.45) is 0 Å². The predicted octanol–water partition coefficient (Wildman–Crippen LogP) is 4.06. The first-order valence-corrected chi connectivity index (χ1v) is 9.34. The molecule has 5 nitrogen and oxygen atoms in total. The van der Waals surface area contributed by atoms with Gasteiger partial charge in [0.05, 0.1) is 15.5 Å². The van der Waals surface area contributed by atoms with E-state index in [1.54, 1.807) is 11.0 Å². The van der Waals surface area contributed by atoms with E-state index >= 15 is 0 Å². The quantitative estimate of drug-likeness (QED) is 0.577. The van der Waals surface area contributed by atoms with Gasteiger partial charge in [0.2, 0.25) is 0 Å². The highest BCUT2D eigenvalue weighted by Gasteiger charge is 2.35. The smallest absolute Gasteiger partial charge is 0.410 e. The van der Waals surface area contributed by atoms with Crippen LogP contribution in [0.2, 0.25) is 5.02 Å². The predicted molar refractivity (Wildman–Crippen MR) is 96.6 cm³/mol. The number of piperazine rings is 1. The summed E-state index contributed by atoms with van der Waals surface area (Å²) in [7, 11) is 0. The van der Waals surface area contributed by atoms with Crippen LogP contribution < -0.4 is 4.74 Å². The number of benzene rings is 1. The molecular weight excluding hydrogens is 415 g/mol. The van der Waals surface area contributed by atoms with Gasteiger partial charge in [-0.15, -0.1) is 0 Å². The molecule has 1 aromatic carbocycles. The number of rotatable bonds is 0. The Morgan fingerprint density at radius 2 is 2.16 bits per heavy atom. The Kier molecular flexibility index (Phi) is 5.19. The highest BCUT2D eigenvalue weighted by atomic mass is 79.9. The minimum Gasteiger partial charge on any atom is -0.488 e. The summed E-state index contributed by atoms with van der Waals surface area (Å²) in [5, 5.41) is 0.325. The third kappa shape index (κ3) is 4.04. The maximum absolute atomic E-state index is 14.4. The minimum absolute atomic E-state index is 0.0226. The summed E-state index contributed by atoms with van der Waals surface area (Å²) in [5.74, 6) is -0.249. The average molecular weight is 436 g/mol. The van der Waals surface area contributed by atoms with Crippen LogP contribution in [0.4, 0.5) is 9.18 Å². The van der Waals surface area contributed by atoms with E-state index in [2.05, 4.69) is 20.8 Å². The van der Waals surface area contributed by atoms with E-state index in [4.69, 9.17) is 21.1 Å². The number of hydrogen-bond acceptors (Lipinski definition) is 4. The maximum atomic E-state index is 14.4. The van der Waals surface area contributed by atoms with Gasteiger partial charge in [-0.1, -0.05) is 11.6 Å². The molecule has 2 aliphatic heterocycles. The molecule has 0 N–H and O–H groups in total. The number of halogens is 3. The molecule has 0 radical (unpaired) electrons. The molecule has 1 fully saturated rings. The molecular formula is C17H21BrClFN2O3. The van der Waals surface area contributed by atoms with E-state index in [1.807, 2.05) is 20.8 Å². The number of ether oxygens (including phenoxy) is 2. The van der Waals surface area contributed by atoms with Crippen LogP contribution in [-0.2, 0) is 11.3 Å². The molecule has 1 atom stereocenters. The molecule has 0 saturated carbocycles.